The fraction of sp³-hybridized carbons (Fsp3) is 0.273. The maximum atomic E-state index is 11.8. The van der Waals surface area contributed by atoms with Crippen molar-refractivity contribution in [2.24, 2.45) is 5.92 Å². The zero-order valence-electron chi connectivity index (χ0n) is 9.19. The average Bonchev–Trinajstić information content (AvgIpc) is 2.19. The van der Waals surface area contributed by atoms with Crippen LogP contribution in [-0.2, 0) is 4.79 Å². The lowest BCUT2D eigenvalue weighted by molar-refractivity contribution is -0.145. The molecule has 0 radical (unpaired) electrons. The summed E-state index contributed by atoms with van der Waals surface area (Å²) in [5, 5.41) is 11.5. The molecule has 0 aromatic heterocycles. The van der Waals surface area contributed by atoms with Gasteiger partial charge in [-0.25, -0.2) is 4.79 Å². The van der Waals surface area contributed by atoms with Gasteiger partial charge in [0.05, 0.1) is 11.6 Å². The van der Waals surface area contributed by atoms with Gasteiger partial charge < -0.3 is 15.3 Å². The molecule has 1 heterocycles. The summed E-state index contributed by atoms with van der Waals surface area (Å²) < 4.78 is 1.87. The van der Waals surface area contributed by atoms with Crippen molar-refractivity contribution in [2.75, 3.05) is 18.4 Å². The van der Waals surface area contributed by atoms with Crippen molar-refractivity contribution in [1.82, 2.24) is 4.90 Å². The van der Waals surface area contributed by atoms with E-state index in [0.717, 1.165) is 8.04 Å². The lowest BCUT2D eigenvalue weighted by Crippen LogP contribution is -2.54. The number of anilines is 1. The van der Waals surface area contributed by atoms with Gasteiger partial charge in [0.2, 0.25) is 0 Å². The molecule has 2 amide bonds. The second-order valence-corrected chi connectivity index (χ2v) is 6.09. The van der Waals surface area contributed by atoms with Crippen molar-refractivity contribution in [3.63, 3.8) is 0 Å². The highest BCUT2D eigenvalue weighted by molar-refractivity contribution is 14.1. The molecule has 1 fully saturated rings. The molecule has 1 aromatic rings. The van der Waals surface area contributed by atoms with E-state index in [9.17, 15) is 9.59 Å². The van der Waals surface area contributed by atoms with E-state index in [1.165, 1.54) is 4.90 Å². The molecule has 1 saturated heterocycles. The van der Waals surface area contributed by atoms with Crippen molar-refractivity contribution >= 4 is 56.2 Å². The van der Waals surface area contributed by atoms with Crippen LogP contribution >= 0.6 is 38.5 Å². The van der Waals surface area contributed by atoms with Gasteiger partial charge in [-0.1, -0.05) is 0 Å². The van der Waals surface area contributed by atoms with Crippen LogP contribution in [0.15, 0.2) is 22.7 Å². The lowest BCUT2D eigenvalue weighted by atomic mass is 10.0. The summed E-state index contributed by atoms with van der Waals surface area (Å²) in [4.78, 5) is 23.9. The standard InChI is InChI=1S/C11H10BrIN2O3/c12-8-3-7(13)1-2-9(8)14-11(18)15-4-6(5-15)10(16)17/h1-3,6H,4-5H2,(H,14,18)(H,16,17). The largest absolute Gasteiger partial charge is 0.481 e. The Morgan fingerprint density at radius 2 is 2.11 bits per heavy atom. The van der Waals surface area contributed by atoms with Gasteiger partial charge in [-0.15, -0.1) is 0 Å². The monoisotopic (exact) mass is 424 g/mol. The predicted octanol–water partition coefficient (Wildman–Crippen LogP) is 2.60. The Morgan fingerprint density at radius 3 is 2.67 bits per heavy atom. The molecule has 0 unspecified atom stereocenters. The summed E-state index contributed by atoms with van der Waals surface area (Å²) in [5.41, 5.74) is 0.680. The van der Waals surface area contributed by atoms with Gasteiger partial charge in [0, 0.05) is 21.1 Å². The SMILES string of the molecule is O=C(O)C1CN(C(=O)Nc2ccc(I)cc2Br)C1. The first-order valence-corrected chi connectivity index (χ1v) is 7.08. The molecule has 5 nitrogen and oxygen atoms in total. The normalized spacial score (nSPS) is 15.1. The van der Waals surface area contributed by atoms with Crippen molar-refractivity contribution < 1.29 is 14.7 Å². The second kappa shape index (κ2) is 5.43. The molecule has 0 aliphatic carbocycles. The van der Waals surface area contributed by atoms with Gasteiger partial charge in [0.1, 0.15) is 0 Å². The molecule has 18 heavy (non-hydrogen) atoms. The summed E-state index contributed by atoms with van der Waals surface area (Å²) in [6.45, 7) is 0.534. The number of benzene rings is 1. The highest BCUT2D eigenvalue weighted by Crippen LogP contribution is 2.25. The van der Waals surface area contributed by atoms with Gasteiger partial charge in [-0.3, -0.25) is 4.79 Å². The Hall–Kier alpha value is -0.830. The third-order valence-electron chi connectivity index (χ3n) is 2.69. The molecule has 96 valence electrons. The summed E-state index contributed by atoms with van der Waals surface area (Å²) in [5.74, 6) is -1.29. The van der Waals surface area contributed by atoms with Crippen LogP contribution in [0.3, 0.4) is 0 Å². The maximum Gasteiger partial charge on any atom is 0.321 e. The molecular formula is C11H10BrIN2O3. The van der Waals surface area contributed by atoms with Crippen LogP contribution in [0.2, 0.25) is 0 Å². The highest BCUT2D eigenvalue weighted by Gasteiger charge is 2.35. The number of hydrogen-bond acceptors (Lipinski definition) is 2. The summed E-state index contributed by atoms with van der Waals surface area (Å²) >= 11 is 5.55. The summed E-state index contributed by atoms with van der Waals surface area (Å²) in [7, 11) is 0. The minimum atomic E-state index is -0.852. The molecule has 1 aliphatic rings. The third-order valence-corrected chi connectivity index (χ3v) is 4.02. The zero-order valence-corrected chi connectivity index (χ0v) is 12.9. The summed E-state index contributed by atoms with van der Waals surface area (Å²) in [6, 6.07) is 5.32. The van der Waals surface area contributed by atoms with Gasteiger partial charge in [0.15, 0.2) is 0 Å². The van der Waals surface area contributed by atoms with E-state index in [2.05, 4.69) is 43.8 Å². The van der Waals surface area contributed by atoms with E-state index in [1.807, 2.05) is 12.1 Å². The van der Waals surface area contributed by atoms with E-state index >= 15 is 0 Å². The molecule has 7 heteroatoms. The number of nitrogens with one attached hydrogen (secondary N) is 1. The Kier molecular flexibility index (Phi) is 4.10. The lowest BCUT2D eigenvalue weighted by Gasteiger charge is -2.36. The Morgan fingerprint density at radius 1 is 1.44 bits per heavy atom. The number of urea groups is 1. The fourth-order valence-electron chi connectivity index (χ4n) is 1.59. The molecule has 1 aliphatic heterocycles. The number of amides is 2. The third kappa shape index (κ3) is 2.94. The molecule has 0 atom stereocenters. The molecule has 1 aromatic carbocycles. The van der Waals surface area contributed by atoms with Crippen LogP contribution in [0.4, 0.5) is 10.5 Å². The van der Waals surface area contributed by atoms with Gasteiger partial charge in [-0.2, -0.15) is 0 Å². The minimum Gasteiger partial charge on any atom is -0.481 e. The molecule has 0 bridgehead atoms. The number of carbonyl (C=O) groups is 2. The zero-order chi connectivity index (χ0) is 13.3. The fourth-order valence-corrected chi connectivity index (χ4v) is 2.98. The smallest absolute Gasteiger partial charge is 0.321 e. The van der Waals surface area contributed by atoms with E-state index in [4.69, 9.17) is 5.11 Å². The number of aliphatic carboxylic acids is 1. The molecule has 2 N–H and O–H groups in total. The van der Waals surface area contributed by atoms with Crippen molar-refractivity contribution in [3.05, 3.63) is 26.2 Å². The first-order valence-electron chi connectivity index (χ1n) is 5.21. The molecular weight excluding hydrogens is 415 g/mol. The first-order chi connectivity index (χ1) is 8.47. The second-order valence-electron chi connectivity index (χ2n) is 3.99. The minimum absolute atomic E-state index is 0.267. The van der Waals surface area contributed by atoms with E-state index < -0.39 is 11.9 Å². The number of rotatable bonds is 2. The highest BCUT2D eigenvalue weighted by atomic mass is 127. The maximum absolute atomic E-state index is 11.8. The summed E-state index contributed by atoms with van der Waals surface area (Å²) in [6.07, 6.45) is 0. The van der Waals surface area contributed by atoms with E-state index in [0.29, 0.717) is 5.69 Å². The number of carboxylic acids is 1. The van der Waals surface area contributed by atoms with Gasteiger partial charge in [0.25, 0.3) is 0 Å². The number of carbonyl (C=O) groups excluding carboxylic acids is 1. The first kappa shape index (κ1) is 13.6. The van der Waals surface area contributed by atoms with Gasteiger partial charge >= 0.3 is 12.0 Å². The number of likely N-dealkylation sites (tertiary alicyclic amines) is 1. The van der Waals surface area contributed by atoms with Crippen LogP contribution in [0.5, 0.6) is 0 Å². The Balaban J connectivity index is 1.94. The quantitative estimate of drug-likeness (QED) is 0.717. The number of halogens is 2. The number of nitrogens with zero attached hydrogens (tertiary/aromatic N) is 1. The number of hydrogen-bond donors (Lipinski definition) is 2. The Bertz CT molecular complexity index is 503. The van der Waals surface area contributed by atoms with Crippen molar-refractivity contribution in [1.29, 1.82) is 0 Å². The Labute approximate surface area is 126 Å². The van der Waals surface area contributed by atoms with E-state index in [-0.39, 0.29) is 19.1 Å². The molecule has 0 saturated carbocycles. The molecule has 0 spiro atoms. The predicted molar refractivity (Wildman–Crippen MR) is 78.6 cm³/mol. The topological polar surface area (TPSA) is 69.6 Å². The average molecular weight is 425 g/mol. The van der Waals surface area contributed by atoms with E-state index in [1.54, 1.807) is 6.07 Å². The molecule has 2 rings (SSSR count). The van der Waals surface area contributed by atoms with Crippen LogP contribution in [-0.4, -0.2) is 35.1 Å². The van der Waals surface area contributed by atoms with Crippen molar-refractivity contribution in [2.45, 2.75) is 0 Å². The number of carboxylic acid groups (broad SMARTS) is 1. The van der Waals surface area contributed by atoms with Crippen molar-refractivity contribution in [3.8, 4) is 0 Å². The van der Waals surface area contributed by atoms with Crippen LogP contribution in [0.25, 0.3) is 0 Å². The van der Waals surface area contributed by atoms with Crippen LogP contribution in [0, 0.1) is 9.49 Å². The van der Waals surface area contributed by atoms with Crippen LogP contribution in [0.1, 0.15) is 0 Å². The van der Waals surface area contributed by atoms with Crippen LogP contribution < -0.4 is 5.32 Å². The van der Waals surface area contributed by atoms with Gasteiger partial charge in [-0.05, 0) is 56.7 Å².